The molecule has 1 N–H and O–H groups in total. The van der Waals surface area contributed by atoms with E-state index in [1.165, 1.54) is 0 Å². The molecule has 134 valence electrons. The molecule has 0 aromatic heterocycles. The SMILES string of the molecule is COc1cc(C(=O)NCC(c2ccccc2)N(C)C)cc(OC)c1C. The smallest absolute Gasteiger partial charge is 0.251 e. The molecule has 0 fully saturated rings. The second kappa shape index (κ2) is 8.53. The Bertz CT molecular complexity index is 689. The number of methoxy groups -OCH3 is 2. The number of amides is 1. The molecular formula is C20H26N2O3. The number of benzene rings is 2. The lowest BCUT2D eigenvalue weighted by Crippen LogP contribution is -2.34. The van der Waals surface area contributed by atoms with E-state index in [2.05, 4.69) is 22.3 Å². The van der Waals surface area contributed by atoms with Crippen molar-refractivity contribution in [2.24, 2.45) is 0 Å². The van der Waals surface area contributed by atoms with E-state index in [1.807, 2.05) is 39.2 Å². The molecule has 0 bridgehead atoms. The van der Waals surface area contributed by atoms with Crippen LogP contribution < -0.4 is 14.8 Å². The first kappa shape index (κ1) is 18.8. The van der Waals surface area contributed by atoms with Gasteiger partial charge in [0.15, 0.2) is 0 Å². The number of nitrogens with one attached hydrogen (secondary N) is 1. The number of rotatable bonds is 7. The summed E-state index contributed by atoms with van der Waals surface area (Å²) in [6, 6.07) is 13.7. The lowest BCUT2D eigenvalue weighted by Gasteiger charge is -2.25. The molecule has 25 heavy (non-hydrogen) atoms. The van der Waals surface area contributed by atoms with E-state index in [1.54, 1.807) is 26.4 Å². The van der Waals surface area contributed by atoms with Gasteiger partial charge in [-0.25, -0.2) is 0 Å². The molecule has 2 aromatic rings. The molecule has 2 aromatic carbocycles. The summed E-state index contributed by atoms with van der Waals surface area (Å²) >= 11 is 0. The minimum atomic E-state index is -0.153. The minimum absolute atomic E-state index is 0.0967. The third-order valence-corrected chi connectivity index (χ3v) is 4.28. The van der Waals surface area contributed by atoms with Gasteiger partial charge >= 0.3 is 0 Å². The largest absolute Gasteiger partial charge is 0.496 e. The van der Waals surface area contributed by atoms with Crippen molar-refractivity contribution in [3.63, 3.8) is 0 Å². The molecule has 5 heteroatoms. The van der Waals surface area contributed by atoms with Gasteiger partial charge in [-0.2, -0.15) is 0 Å². The van der Waals surface area contributed by atoms with E-state index in [4.69, 9.17) is 9.47 Å². The van der Waals surface area contributed by atoms with Crippen molar-refractivity contribution in [3.05, 3.63) is 59.2 Å². The van der Waals surface area contributed by atoms with Crippen LogP contribution in [-0.2, 0) is 0 Å². The maximum absolute atomic E-state index is 12.6. The molecule has 0 aliphatic carbocycles. The van der Waals surface area contributed by atoms with Gasteiger partial charge in [-0.05, 0) is 38.7 Å². The lowest BCUT2D eigenvalue weighted by molar-refractivity contribution is 0.0941. The number of hydrogen-bond donors (Lipinski definition) is 1. The number of likely N-dealkylation sites (N-methyl/N-ethyl adjacent to an activating group) is 1. The topological polar surface area (TPSA) is 50.8 Å². The summed E-state index contributed by atoms with van der Waals surface area (Å²) in [6.45, 7) is 2.41. The van der Waals surface area contributed by atoms with Crippen LogP contribution in [-0.4, -0.2) is 45.7 Å². The number of nitrogens with zero attached hydrogens (tertiary/aromatic N) is 1. The summed E-state index contributed by atoms with van der Waals surface area (Å²) in [4.78, 5) is 14.7. The van der Waals surface area contributed by atoms with E-state index in [0.717, 1.165) is 11.1 Å². The lowest BCUT2D eigenvalue weighted by atomic mass is 10.1. The summed E-state index contributed by atoms with van der Waals surface area (Å²) in [6.07, 6.45) is 0. The fourth-order valence-electron chi connectivity index (χ4n) is 2.78. The maximum atomic E-state index is 12.6. The summed E-state index contributed by atoms with van der Waals surface area (Å²) in [5, 5.41) is 3.01. The molecule has 5 nitrogen and oxygen atoms in total. The highest BCUT2D eigenvalue weighted by atomic mass is 16.5. The molecule has 0 aliphatic rings. The van der Waals surface area contributed by atoms with Crippen LogP contribution in [0.1, 0.15) is 27.5 Å². The Kier molecular flexibility index (Phi) is 6.42. The Hall–Kier alpha value is -2.53. The Morgan fingerprint density at radius 3 is 2.12 bits per heavy atom. The molecule has 2 rings (SSSR count). The van der Waals surface area contributed by atoms with Crippen LogP contribution in [0.4, 0.5) is 0 Å². The molecule has 1 atom stereocenters. The molecule has 0 saturated heterocycles. The molecule has 0 radical (unpaired) electrons. The second-order valence-electron chi connectivity index (χ2n) is 6.11. The van der Waals surface area contributed by atoms with E-state index < -0.39 is 0 Å². The van der Waals surface area contributed by atoms with Crippen LogP contribution in [0.3, 0.4) is 0 Å². The predicted molar refractivity (Wildman–Crippen MR) is 99.5 cm³/mol. The highest BCUT2D eigenvalue weighted by Gasteiger charge is 2.17. The molecular weight excluding hydrogens is 316 g/mol. The first-order valence-corrected chi connectivity index (χ1v) is 8.20. The number of hydrogen-bond acceptors (Lipinski definition) is 4. The Morgan fingerprint density at radius 1 is 1.08 bits per heavy atom. The van der Waals surface area contributed by atoms with E-state index in [-0.39, 0.29) is 11.9 Å². The van der Waals surface area contributed by atoms with E-state index in [0.29, 0.717) is 23.6 Å². The van der Waals surface area contributed by atoms with Crippen molar-refractivity contribution in [1.29, 1.82) is 0 Å². The highest BCUT2D eigenvalue weighted by Crippen LogP contribution is 2.29. The highest BCUT2D eigenvalue weighted by molar-refractivity contribution is 5.95. The quantitative estimate of drug-likeness (QED) is 0.840. The van der Waals surface area contributed by atoms with Gasteiger partial charge in [0, 0.05) is 17.7 Å². The monoisotopic (exact) mass is 342 g/mol. The van der Waals surface area contributed by atoms with Crippen LogP contribution in [0, 0.1) is 6.92 Å². The Labute approximate surface area is 149 Å². The van der Waals surface area contributed by atoms with Crippen LogP contribution in [0.25, 0.3) is 0 Å². The van der Waals surface area contributed by atoms with Crippen LogP contribution >= 0.6 is 0 Å². The average molecular weight is 342 g/mol. The third kappa shape index (κ3) is 4.51. The van der Waals surface area contributed by atoms with Crippen molar-refractivity contribution in [3.8, 4) is 11.5 Å². The molecule has 1 amide bonds. The number of carbonyl (C=O) groups is 1. The number of ether oxygens (including phenoxy) is 2. The molecule has 0 aliphatic heterocycles. The second-order valence-corrected chi connectivity index (χ2v) is 6.11. The van der Waals surface area contributed by atoms with Gasteiger partial charge in [-0.1, -0.05) is 30.3 Å². The third-order valence-electron chi connectivity index (χ3n) is 4.28. The van der Waals surface area contributed by atoms with Crippen LogP contribution in [0.5, 0.6) is 11.5 Å². The summed E-state index contributed by atoms with van der Waals surface area (Å²) in [7, 11) is 7.17. The zero-order valence-corrected chi connectivity index (χ0v) is 15.5. The fraction of sp³-hybridized carbons (Fsp3) is 0.350. The summed E-state index contributed by atoms with van der Waals surface area (Å²) in [5.41, 5.74) is 2.55. The van der Waals surface area contributed by atoms with Crippen molar-refractivity contribution >= 4 is 5.91 Å². The van der Waals surface area contributed by atoms with Crippen molar-refractivity contribution in [2.75, 3.05) is 34.9 Å². The van der Waals surface area contributed by atoms with Crippen molar-refractivity contribution in [2.45, 2.75) is 13.0 Å². The minimum Gasteiger partial charge on any atom is -0.496 e. The van der Waals surface area contributed by atoms with Crippen molar-refractivity contribution < 1.29 is 14.3 Å². The first-order valence-electron chi connectivity index (χ1n) is 8.20. The van der Waals surface area contributed by atoms with E-state index in [9.17, 15) is 4.79 Å². The number of carbonyl (C=O) groups excluding carboxylic acids is 1. The normalized spacial score (nSPS) is 11.9. The summed E-state index contributed by atoms with van der Waals surface area (Å²) in [5.74, 6) is 1.12. The standard InChI is InChI=1S/C20H26N2O3/c1-14-18(24-4)11-16(12-19(14)25-5)20(23)21-13-17(22(2)3)15-9-7-6-8-10-15/h6-12,17H,13H2,1-5H3,(H,21,23). The van der Waals surface area contributed by atoms with E-state index >= 15 is 0 Å². The van der Waals surface area contributed by atoms with Gasteiger partial charge in [0.05, 0.1) is 20.3 Å². The fourth-order valence-corrected chi connectivity index (χ4v) is 2.78. The van der Waals surface area contributed by atoms with Gasteiger partial charge in [0.1, 0.15) is 11.5 Å². The van der Waals surface area contributed by atoms with Gasteiger partial charge in [-0.3, -0.25) is 4.79 Å². The summed E-state index contributed by atoms with van der Waals surface area (Å²) < 4.78 is 10.7. The van der Waals surface area contributed by atoms with Gasteiger partial charge in [0.2, 0.25) is 0 Å². The molecule has 0 heterocycles. The zero-order chi connectivity index (χ0) is 18.4. The maximum Gasteiger partial charge on any atom is 0.251 e. The van der Waals surface area contributed by atoms with Crippen LogP contribution in [0.15, 0.2) is 42.5 Å². The van der Waals surface area contributed by atoms with Gasteiger partial charge < -0.3 is 19.7 Å². The first-order chi connectivity index (χ1) is 12.0. The Morgan fingerprint density at radius 2 is 1.64 bits per heavy atom. The van der Waals surface area contributed by atoms with Crippen LogP contribution in [0.2, 0.25) is 0 Å². The molecule has 0 saturated carbocycles. The van der Waals surface area contributed by atoms with Gasteiger partial charge in [0.25, 0.3) is 5.91 Å². The average Bonchev–Trinajstić information content (AvgIpc) is 2.62. The van der Waals surface area contributed by atoms with Gasteiger partial charge in [-0.15, -0.1) is 0 Å². The molecule has 0 spiro atoms. The Balaban J connectivity index is 2.16. The zero-order valence-electron chi connectivity index (χ0n) is 15.5. The predicted octanol–water partition coefficient (Wildman–Crippen LogP) is 3.04. The molecule has 1 unspecified atom stereocenters. The van der Waals surface area contributed by atoms with Crippen molar-refractivity contribution in [1.82, 2.24) is 10.2 Å².